The van der Waals surface area contributed by atoms with Gasteiger partial charge in [0, 0.05) is 12.5 Å². The second-order valence-electron chi connectivity index (χ2n) is 5.59. The molecule has 1 spiro atoms. The zero-order chi connectivity index (χ0) is 12.8. The van der Waals surface area contributed by atoms with Crippen molar-refractivity contribution in [2.24, 2.45) is 5.92 Å². The minimum atomic E-state index is 0.0478. The van der Waals surface area contributed by atoms with Gasteiger partial charge >= 0.3 is 0 Å². The topological polar surface area (TPSA) is 39.2 Å². The molecular formula is C14H19NO2S. The maximum absolute atomic E-state index is 12.6. The highest BCUT2D eigenvalue weighted by Gasteiger charge is 2.44. The summed E-state index contributed by atoms with van der Waals surface area (Å²) in [5, 5.41) is 0.987. The maximum Gasteiger partial charge on any atom is 0.177 e. The summed E-state index contributed by atoms with van der Waals surface area (Å²) >= 11 is 1.54. The Morgan fingerprint density at radius 2 is 2.22 bits per heavy atom. The molecule has 2 fully saturated rings. The van der Waals surface area contributed by atoms with Gasteiger partial charge in [0.15, 0.2) is 5.78 Å². The van der Waals surface area contributed by atoms with Gasteiger partial charge < -0.3 is 4.74 Å². The van der Waals surface area contributed by atoms with Crippen molar-refractivity contribution < 1.29 is 9.53 Å². The van der Waals surface area contributed by atoms with Gasteiger partial charge in [0.25, 0.3) is 0 Å². The fourth-order valence-corrected chi connectivity index (χ4v) is 4.06. The maximum atomic E-state index is 12.6. The molecule has 2 aliphatic rings. The lowest BCUT2D eigenvalue weighted by Gasteiger charge is -2.46. The molecule has 0 bridgehead atoms. The van der Waals surface area contributed by atoms with Gasteiger partial charge in [-0.3, -0.25) is 4.79 Å². The molecule has 3 nitrogen and oxygen atoms in total. The average molecular weight is 265 g/mol. The first-order valence-electron chi connectivity index (χ1n) is 6.72. The van der Waals surface area contributed by atoms with E-state index in [0.717, 1.165) is 47.9 Å². The molecule has 1 atom stereocenters. The zero-order valence-corrected chi connectivity index (χ0v) is 11.8. The third-order valence-corrected chi connectivity index (χ3v) is 5.34. The third kappa shape index (κ3) is 2.01. The van der Waals surface area contributed by atoms with E-state index in [0.29, 0.717) is 5.78 Å². The number of aromatic nitrogens is 1. The van der Waals surface area contributed by atoms with E-state index in [-0.39, 0.29) is 11.5 Å². The van der Waals surface area contributed by atoms with Crippen LogP contribution in [0.1, 0.15) is 52.5 Å². The van der Waals surface area contributed by atoms with Crippen LogP contribution < -0.4 is 0 Å². The number of thiazole rings is 1. The van der Waals surface area contributed by atoms with Crippen LogP contribution in [0, 0.1) is 19.8 Å². The predicted molar refractivity (Wildman–Crippen MR) is 71.2 cm³/mol. The summed E-state index contributed by atoms with van der Waals surface area (Å²) in [7, 11) is 0. The highest BCUT2D eigenvalue weighted by Crippen LogP contribution is 2.45. The number of hydrogen-bond donors (Lipinski definition) is 0. The van der Waals surface area contributed by atoms with E-state index in [1.165, 1.54) is 6.42 Å². The highest BCUT2D eigenvalue weighted by molar-refractivity contribution is 7.13. The van der Waals surface area contributed by atoms with Crippen molar-refractivity contribution in [3.63, 3.8) is 0 Å². The smallest absolute Gasteiger partial charge is 0.177 e. The van der Waals surface area contributed by atoms with Crippen LogP contribution in [0.3, 0.4) is 0 Å². The standard InChI is InChI=1S/C14H19NO2S/c1-9-13(18-10(2)15-9)12(16)11-4-7-17-14(8-11)5-3-6-14/h11H,3-8H2,1-2H3. The molecule has 1 saturated carbocycles. The Balaban J connectivity index is 1.78. The average Bonchev–Trinajstić information content (AvgIpc) is 2.66. The minimum Gasteiger partial charge on any atom is -0.375 e. The van der Waals surface area contributed by atoms with Crippen LogP contribution in [0.5, 0.6) is 0 Å². The van der Waals surface area contributed by atoms with E-state index in [1.54, 1.807) is 11.3 Å². The van der Waals surface area contributed by atoms with Crippen LogP contribution in [-0.2, 0) is 4.74 Å². The number of nitrogens with zero attached hydrogens (tertiary/aromatic N) is 1. The van der Waals surface area contributed by atoms with Gasteiger partial charge in [-0.2, -0.15) is 0 Å². The lowest BCUT2D eigenvalue weighted by atomic mass is 9.71. The van der Waals surface area contributed by atoms with E-state index in [2.05, 4.69) is 4.98 Å². The van der Waals surface area contributed by atoms with E-state index in [4.69, 9.17) is 4.74 Å². The molecule has 4 heteroatoms. The quantitative estimate of drug-likeness (QED) is 0.770. The van der Waals surface area contributed by atoms with Crippen LogP contribution in [0.4, 0.5) is 0 Å². The summed E-state index contributed by atoms with van der Waals surface area (Å²) in [6.45, 7) is 4.65. The van der Waals surface area contributed by atoms with Crippen molar-refractivity contribution >= 4 is 17.1 Å². The summed E-state index contributed by atoms with van der Waals surface area (Å²) in [4.78, 5) is 17.8. The lowest BCUT2D eigenvalue weighted by molar-refractivity contribution is -0.137. The summed E-state index contributed by atoms with van der Waals surface area (Å²) in [5.41, 5.74) is 0.948. The molecule has 0 amide bonds. The first-order valence-corrected chi connectivity index (χ1v) is 7.53. The molecule has 0 radical (unpaired) electrons. The van der Waals surface area contributed by atoms with Crippen LogP contribution >= 0.6 is 11.3 Å². The normalized spacial score (nSPS) is 26.0. The molecule has 1 unspecified atom stereocenters. The monoisotopic (exact) mass is 265 g/mol. The second-order valence-corrected chi connectivity index (χ2v) is 6.79. The van der Waals surface area contributed by atoms with Crippen molar-refractivity contribution in [1.29, 1.82) is 0 Å². The molecule has 1 aliphatic heterocycles. The van der Waals surface area contributed by atoms with Crippen LogP contribution in [0.2, 0.25) is 0 Å². The highest BCUT2D eigenvalue weighted by atomic mass is 32.1. The van der Waals surface area contributed by atoms with Gasteiger partial charge in [-0.1, -0.05) is 0 Å². The first-order chi connectivity index (χ1) is 8.60. The summed E-state index contributed by atoms with van der Waals surface area (Å²) < 4.78 is 5.89. The molecule has 0 aromatic carbocycles. The van der Waals surface area contributed by atoms with Crippen molar-refractivity contribution in [2.75, 3.05) is 6.61 Å². The van der Waals surface area contributed by atoms with Gasteiger partial charge in [0.2, 0.25) is 0 Å². The molecule has 3 rings (SSSR count). The molecule has 1 aliphatic carbocycles. The van der Waals surface area contributed by atoms with Gasteiger partial charge in [0.05, 0.1) is 21.2 Å². The number of aryl methyl sites for hydroxylation is 2. The minimum absolute atomic E-state index is 0.0478. The fourth-order valence-electron chi connectivity index (χ4n) is 3.12. The number of rotatable bonds is 2. The van der Waals surface area contributed by atoms with Gasteiger partial charge in [-0.25, -0.2) is 4.98 Å². The Bertz CT molecular complexity index is 476. The Morgan fingerprint density at radius 1 is 1.44 bits per heavy atom. The fraction of sp³-hybridized carbons (Fsp3) is 0.714. The lowest BCUT2D eigenvalue weighted by Crippen LogP contribution is -2.47. The summed E-state index contributed by atoms with van der Waals surface area (Å²) in [5.74, 6) is 0.449. The molecule has 1 saturated heterocycles. The van der Waals surface area contributed by atoms with E-state index < -0.39 is 0 Å². The van der Waals surface area contributed by atoms with Crippen LogP contribution in [-0.4, -0.2) is 23.0 Å². The Labute approximate surface area is 112 Å². The van der Waals surface area contributed by atoms with Crippen molar-refractivity contribution in [1.82, 2.24) is 4.98 Å². The molecular weight excluding hydrogens is 246 g/mol. The van der Waals surface area contributed by atoms with Crippen molar-refractivity contribution in [3.05, 3.63) is 15.6 Å². The predicted octanol–water partition coefficient (Wildman–Crippen LogP) is 3.29. The van der Waals surface area contributed by atoms with E-state index in [1.807, 2.05) is 13.8 Å². The van der Waals surface area contributed by atoms with Gasteiger partial charge in [-0.05, 0) is 46.0 Å². The van der Waals surface area contributed by atoms with E-state index >= 15 is 0 Å². The number of Topliss-reactive ketones (excluding diaryl/α,β-unsaturated/α-hetero) is 1. The number of carbonyl (C=O) groups is 1. The Kier molecular flexibility index (Phi) is 3.02. The molecule has 18 heavy (non-hydrogen) atoms. The second kappa shape index (κ2) is 4.42. The molecule has 1 aromatic heterocycles. The molecule has 1 aromatic rings. The summed E-state index contributed by atoms with van der Waals surface area (Å²) in [6, 6.07) is 0. The number of hydrogen-bond acceptors (Lipinski definition) is 4. The first kappa shape index (κ1) is 12.3. The largest absolute Gasteiger partial charge is 0.375 e. The van der Waals surface area contributed by atoms with Crippen LogP contribution in [0.25, 0.3) is 0 Å². The number of ether oxygens (including phenoxy) is 1. The Morgan fingerprint density at radius 3 is 2.78 bits per heavy atom. The van der Waals surface area contributed by atoms with Crippen molar-refractivity contribution in [2.45, 2.75) is 51.6 Å². The third-order valence-electron chi connectivity index (χ3n) is 4.26. The van der Waals surface area contributed by atoms with Crippen LogP contribution in [0.15, 0.2) is 0 Å². The van der Waals surface area contributed by atoms with Gasteiger partial charge in [-0.15, -0.1) is 11.3 Å². The number of carbonyl (C=O) groups excluding carboxylic acids is 1. The zero-order valence-electron chi connectivity index (χ0n) is 11.0. The van der Waals surface area contributed by atoms with Crippen molar-refractivity contribution in [3.8, 4) is 0 Å². The molecule has 98 valence electrons. The van der Waals surface area contributed by atoms with E-state index in [9.17, 15) is 4.79 Å². The SMILES string of the molecule is Cc1nc(C)c(C(=O)C2CCOC3(CCC3)C2)s1. The van der Waals surface area contributed by atoms with Gasteiger partial charge in [0.1, 0.15) is 0 Å². The Hall–Kier alpha value is -0.740. The molecule has 0 N–H and O–H groups in total. The molecule has 2 heterocycles. The number of ketones is 1. The summed E-state index contributed by atoms with van der Waals surface area (Å²) in [6.07, 6.45) is 5.31.